The van der Waals surface area contributed by atoms with Crippen LogP contribution in [0.2, 0.25) is 0 Å². The first-order valence-corrected chi connectivity index (χ1v) is 8.43. The zero-order chi connectivity index (χ0) is 18.4. The van der Waals surface area contributed by atoms with Crippen LogP contribution in [-0.4, -0.2) is 24.2 Å². The molecule has 26 heavy (non-hydrogen) atoms. The van der Waals surface area contributed by atoms with Crippen molar-refractivity contribution in [2.24, 2.45) is 0 Å². The van der Waals surface area contributed by atoms with Crippen LogP contribution in [0.25, 0.3) is 11.1 Å². The molecular weight excluding hydrogens is 326 g/mol. The normalized spacial score (nSPS) is 11.6. The number of esters is 1. The molecule has 0 fully saturated rings. The third-order valence-corrected chi connectivity index (χ3v) is 4.17. The van der Waals surface area contributed by atoms with E-state index in [4.69, 9.17) is 4.74 Å². The number of ether oxygens (including phenoxy) is 1. The van der Waals surface area contributed by atoms with E-state index in [-0.39, 0.29) is 11.7 Å². The SMILES string of the molecule is COC(=O)[C@H](Cc1ccccc1)Nc1cccc(-c2ccc(O)cc2)c1. The van der Waals surface area contributed by atoms with Crippen LogP contribution in [0.5, 0.6) is 5.75 Å². The predicted octanol–water partition coefficient (Wildman–Crippen LogP) is 4.26. The van der Waals surface area contributed by atoms with Gasteiger partial charge in [0.25, 0.3) is 0 Å². The average Bonchev–Trinajstić information content (AvgIpc) is 2.68. The maximum absolute atomic E-state index is 12.2. The van der Waals surface area contributed by atoms with Gasteiger partial charge in [0.2, 0.25) is 0 Å². The molecule has 0 unspecified atom stereocenters. The molecular formula is C22H21NO3. The van der Waals surface area contributed by atoms with E-state index >= 15 is 0 Å². The number of hydrogen-bond acceptors (Lipinski definition) is 4. The number of phenols is 1. The summed E-state index contributed by atoms with van der Waals surface area (Å²) in [7, 11) is 1.40. The largest absolute Gasteiger partial charge is 0.508 e. The van der Waals surface area contributed by atoms with Gasteiger partial charge in [0.05, 0.1) is 7.11 Å². The summed E-state index contributed by atoms with van der Waals surface area (Å²) in [5.74, 6) is -0.0689. The van der Waals surface area contributed by atoms with E-state index in [0.717, 1.165) is 22.4 Å². The topological polar surface area (TPSA) is 58.6 Å². The maximum Gasteiger partial charge on any atom is 0.328 e. The summed E-state index contributed by atoms with van der Waals surface area (Å²) >= 11 is 0. The minimum absolute atomic E-state index is 0.233. The Morgan fingerprint density at radius 1 is 0.962 bits per heavy atom. The highest BCUT2D eigenvalue weighted by Crippen LogP contribution is 2.25. The van der Waals surface area contributed by atoms with Crippen LogP contribution in [0.3, 0.4) is 0 Å². The number of nitrogens with one attached hydrogen (secondary N) is 1. The van der Waals surface area contributed by atoms with Crippen LogP contribution in [0.4, 0.5) is 5.69 Å². The third kappa shape index (κ3) is 4.42. The number of carbonyl (C=O) groups excluding carboxylic acids is 1. The summed E-state index contributed by atoms with van der Waals surface area (Å²) in [6, 6.07) is 24.2. The molecule has 0 saturated heterocycles. The van der Waals surface area contributed by atoms with Crippen molar-refractivity contribution in [3.8, 4) is 16.9 Å². The average molecular weight is 347 g/mol. The van der Waals surface area contributed by atoms with Gasteiger partial charge in [-0.05, 0) is 41.0 Å². The summed E-state index contributed by atoms with van der Waals surface area (Å²) in [4.78, 5) is 12.2. The fourth-order valence-corrected chi connectivity index (χ4v) is 2.83. The smallest absolute Gasteiger partial charge is 0.328 e. The Hall–Kier alpha value is -3.27. The zero-order valence-corrected chi connectivity index (χ0v) is 14.6. The van der Waals surface area contributed by atoms with Gasteiger partial charge >= 0.3 is 5.97 Å². The van der Waals surface area contributed by atoms with Gasteiger partial charge in [0, 0.05) is 12.1 Å². The van der Waals surface area contributed by atoms with Crippen molar-refractivity contribution in [3.05, 3.63) is 84.4 Å². The second kappa shape index (κ2) is 8.21. The van der Waals surface area contributed by atoms with Gasteiger partial charge in [0.15, 0.2) is 0 Å². The predicted molar refractivity (Wildman–Crippen MR) is 103 cm³/mol. The lowest BCUT2D eigenvalue weighted by Gasteiger charge is -2.18. The van der Waals surface area contributed by atoms with E-state index in [9.17, 15) is 9.90 Å². The molecule has 132 valence electrons. The second-order valence-corrected chi connectivity index (χ2v) is 6.04. The Bertz CT molecular complexity index is 860. The van der Waals surface area contributed by atoms with Crippen molar-refractivity contribution in [2.75, 3.05) is 12.4 Å². The molecule has 2 N–H and O–H groups in total. The van der Waals surface area contributed by atoms with Crippen LogP contribution in [0.15, 0.2) is 78.9 Å². The Morgan fingerprint density at radius 3 is 2.38 bits per heavy atom. The van der Waals surface area contributed by atoms with E-state index in [1.165, 1.54) is 7.11 Å². The summed E-state index contributed by atoms with van der Waals surface area (Å²) in [5, 5.41) is 12.7. The first-order valence-electron chi connectivity index (χ1n) is 8.43. The molecule has 0 aliphatic rings. The van der Waals surface area contributed by atoms with Crippen LogP contribution >= 0.6 is 0 Å². The van der Waals surface area contributed by atoms with Crippen molar-refractivity contribution in [1.29, 1.82) is 0 Å². The van der Waals surface area contributed by atoms with E-state index in [0.29, 0.717) is 6.42 Å². The van der Waals surface area contributed by atoms with E-state index < -0.39 is 6.04 Å². The Morgan fingerprint density at radius 2 is 1.69 bits per heavy atom. The fraction of sp³-hybridized carbons (Fsp3) is 0.136. The van der Waals surface area contributed by atoms with E-state index in [1.54, 1.807) is 12.1 Å². The zero-order valence-electron chi connectivity index (χ0n) is 14.6. The van der Waals surface area contributed by atoms with Gasteiger partial charge in [0.1, 0.15) is 11.8 Å². The molecule has 0 saturated carbocycles. The molecule has 0 amide bonds. The number of anilines is 1. The number of hydrogen-bond donors (Lipinski definition) is 2. The molecule has 3 aromatic rings. The highest BCUT2D eigenvalue weighted by Gasteiger charge is 2.19. The highest BCUT2D eigenvalue weighted by molar-refractivity contribution is 5.80. The van der Waals surface area contributed by atoms with Gasteiger partial charge < -0.3 is 15.2 Å². The number of rotatable bonds is 6. The molecule has 4 heteroatoms. The molecule has 0 aromatic heterocycles. The van der Waals surface area contributed by atoms with Gasteiger partial charge in [-0.15, -0.1) is 0 Å². The molecule has 4 nitrogen and oxygen atoms in total. The highest BCUT2D eigenvalue weighted by atomic mass is 16.5. The first-order chi connectivity index (χ1) is 12.7. The number of aromatic hydroxyl groups is 1. The van der Waals surface area contributed by atoms with E-state index in [1.807, 2.05) is 66.7 Å². The van der Waals surface area contributed by atoms with Crippen molar-refractivity contribution in [2.45, 2.75) is 12.5 Å². The number of carbonyl (C=O) groups is 1. The Kier molecular flexibility index (Phi) is 5.54. The van der Waals surface area contributed by atoms with Gasteiger partial charge in [-0.2, -0.15) is 0 Å². The molecule has 3 aromatic carbocycles. The quantitative estimate of drug-likeness (QED) is 0.654. The fourth-order valence-electron chi connectivity index (χ4n) is 2.83. The lowest BCUT2D eigenvalue weighted by molar-refractivity contribution is -0.141. The summed E-state index contributed by atoms with van der Waals surface area (Å²) in [6.07, 6.45) is 0.539. The van der Waals surface area contributed by atoms with Crippen molar-refractivity contribution >= 4 is 11.7 Å². The van der Waals surface area contributed by atoms with Crippen LogP contribution in [-0.2, 0) is 16.0 Å². The van der Waals surface area contributed by atoms with Crippen molar-refractivity contribution in [3.63, 3.8) is 0 Å². The Balaban J connectivity index is 1.81. The lowest BCUT2D eigenvalue weighted by atomic mass is 10.0. The third-order valence-electron chi connectivity index (χ3n) is 4.17. The molecule has 3 rings (SSSR count). The molecule has 0 aliphatic heterocycles. The monoisotopic (exact) mass is 347 g/mol. The minimum Gasteiger partial charge on any atom is -0.508 e. The standard InChI is InChI=1S/C22H21NO3/c1-26-22(25)21(14-16-6-3-2-4-7-16)23-19-9-5-8-18(15-19)17-10-12-20(24)13-11-17/h2-13,15,21,23-24H,14H2,1H3/t21-/m0/s1. The van der Waals surface area contributed by atoms with Crippen molar-refractivity contribution in [1.82, 2.24) is 0 Å². The van der Waals surface area contributed by atoms with Gasteiger partial charge in [-0.1, -0.05) is 54.6 Å². The molecule has 0 aliphatic carbocycles. The minimum atomic E-state index is -0.475. The second-order valence-electron chi connectivity index (χ2n) is 6.04. The Labute approximate surface area is 153 Å². The summed E-state index contributed by atoms with van der Waals surface area (Å²) in [6.45, 7) is 0. The maximum atomic E-state index is 12.2. The first kappa shape index (κ1) is 17.5. The van der Waals surface area contributed by atoms with E-state index in [2.05, 4.69) is 5.32 Å². The molecule has 0 radical (unpaired) electrons. The van der Waals surface area contributed by atoms with Crippen molar-refractivity contribution < 1.29 is 14.6 Å². The van der Waals surface area contributed by atoms with Crippen LogP contribution in [0.1, 0.15) is 5.56 Å². The number of methoxy groups -OCH3 is 1. The lowest BCUT2D eigenvalue weighted by Crippen LogP contribution is -2.32. The van der Waals surface area contributed by atoms with Crippen LogP contribution < -0.4 is 5.32 Å². The molecule has 0 heterocycles. The number of phenolic OH excluding ortho intramolecular Hbond substituents is 1. The molecule has 0 spiro atoms. The molecule has 1 atom stereocenters. The summed E-state index contributed by atoms with van der Waals surface area (Å²) < 4.78 is 4.96. The molecule has 0 bridgehead atoms. The summed E-state index contributed by atoms with van der Waals surface area (Å²) in [5.41, 5.74) is 3.88. The van der Waals surface area contributed by atoms with Crippen LogP contribution in [0, 0.1) is 0 Å². The van der Waals surface area contributed by atoms with Gasteiger partial charge in [-0.3, -0.25) is 0 Å². The van der Waals surface area contributed by atoms with Gasteiger partial charge in [-0.25, -0.2) is 4.79 Å². The number of benzene rings is 3.